The van der Waals surface area contributed by atoms with Gasteiger partial charge in [-0.15, -0.1) is 0 Å². The van der Waals surface area contributed by atoms with Gasteiger partial charge in [0.2, 0.25) is 0 Å². The first kappa shape index (κ1) is 28.2. The second kappa shape index (κ2) is 11.1. The van der Waals surface area contributed by atoms with Gasteiger partial charge in [-0.3, -0.25) is 0 Å². The Bertz CT molecular complexity index is 817. The summed E-state index contributed by atoms with van der Waals surface area (Å²) >= 11 is 0. The molecule has 2 amide bonds. The van der Waals surface area contributed by atoms with Gasteiger partial charge in [0.15, 0.2) is 8.32 Å². The van der Waals surface area contributed by atoms with Crippen molar-refractivity contribution in [3.63, 3.8) is 0 Å². The third-order valence-corrected chi connectivity index (χ3v) is 11.2. The van der Waals surface area contributed by atoms with Crippen LogP contribution in [0.5, 0.6) is 0 Å². The number of nitrogens with one attached hydrogen (secondary N) is 1. The zero-order chi connectivity index (χ0) is 25.7. The van der Waals surface area contributed by atoms with E-state index in [-0.39, 0.29) is 29.8 Å². The molecule has 0 radical (unpaired) electrons. The molecule has 1 aliphatic rings. The summed E-state index contributed by atoms with van der Waals surface area (Å²) in [5.41, 5.74) is 0.347. The molecule has 0 bridgehead atoms. The second-order valence-electron chi connectivity index (χ2n) is 11.8. The zero-order valence-corrected chi connectivity index (χ0v) is 23.4. The SMILES string of the molecule is C[C@@H](O[Si](C)(C)C(C)(C)C)C1CCC(NC(=O)OC(C)(C)C)CN1C(=O)OCc1ccccc1. The predicted octanol–water partition coefficient (Wildman–Crippen LogP) is 6.09. The van der Waals surface area contributed by atoms with Crippen molar-refractivity contribution in [2.75, 3.05) is 6.54 Å². The van der Waals surface area contributed by atoms with Gasteiger partial charge in [0.25, 0.3) is 0 Å². The van der Waals surface area contributed by atoms with Crippen LogP contribution in [0, 0.1) is 0 Å². The fourth-order valence-electron chi connectivity index (χ4n) is 3.80. The molecule has 192 valence electrons. The van der Waals surface area contributed by atoms with Crippen LogP contribution in [0.25, 0.3) is 0 Å². The lowest BCUT2D eigenvalue weighted by Crippen LogP contribution is -2.59. The number of alkyl carbamates (subject to hydrolysis) is 1. The van der Waals surface area contributed by atoms with Gasteiger partial charge < -0.3 is 24.1 Å². The van der Waals surface area contributed by atoms with Crippen LogP contribution >= 0.6 is 0 Å². The van der Waals surface area contributed by atoms with Crippen LogP contribution < -0.4 is 5.32 Å². The molecule has 2 rings (SSSR count). The summed E-state index contributed by atoms with van der Waals surface area (Å²) in [4.78, 5) is 27.3. The van der Waals surface area contributed by atoms with Crippen LogP contribution in [0.4, 0.5) is 9.59 Å². The fourth-order valence-corrected chi connectivity index (χ4v) is 5.24. The van der Waals surface area contributed by atoms with Crippen molar-refractivity contribution < 1.29 is 23.5 Å². The summed E-state index contributed by atoms with van der Waals surface area (Å²) in [7, 11) is -2.03. The minimum absolute atomic E-state index is 0.0649. The van der Waals surface area contributed by atoms with Crippen molar-refractivity contribution in [1.82, 2.24) is 10.2 Å². The number of hydrogen-bond donors (Lipinski definition) is 1. The van der Waals surface area contributed by atoms with Gasteiger partial charge in [0.1, 0.15) is 12.2 Å². The molecule has 34 heavy (non-hydrogen) atoms. The van der Waals surface area contributed by atoms with Crippen molar-refractivity contribution in [3.8, 4) is 0 Å². The standard InChI is InChI=1S/C26H44N2O5Si/c1-19(33-34(8,9)26(5,6)7)22-16-15-21(27-23(29)32-25(2,3)4)17-28(22)24(30)31-18-20-13-11-10-12-14-20/h10-14,19,21-22H,15-18H2,1-9H3,(H,27,29)/t19-,21?,22?/m1/s1. The summed E-state index contributed by atoms with van der Waals surface area (Å²) < 4.78 is 17.7. The van der Waals surface area contributed by atoms with E-state index in [9.17, 15) is 9.59 Å². The van der Waals surface area contributed by atoms with Crippen molar-refractivity contribution >= 4 is 20.5 Å². The number of carbonyl (C=O) groups excluding carboxylic acids is 2. The Morgan fingerprint density at radius 2 is 1.71 bits per heavy atom. The molecule has 1 N–H and O–H groups in total. The highest BCUT2D eigenvalue weighted by Gasteiger charge is 2.43. The van der Waals surface area contributed by atoms with Crippen LogP contribution in [0.3, 0.4) is 0 Å². The van der Waals surface area contributed by atoms with E-state index in [1.54, 1.807) is 4.90 Å². The van der Waals surface area contributed by atoms with Gasteiger partial charge in [0.05, 0.1) is 12.1 Å². The van der Waals surface area contributed by atoms with E-state index in [4.69, 9.17) is 13.9 Å². The van der Waals surface area contributed by atoms with Crippen LogP contribution in [0.15, 0.2) is 30.3 Å². The lowest BCUT2D eigenvalue weighted by atomic mass is 9.95. The molecule has 1 aliphatic heterocycles. The van der Waals surface area contributed by atoms with E-state index in [1.165, 1.54) is 0 Å². The minimum atomic E-state index is -2.03. The van der Waals surface area contributed by atoms with Gasteiger partial charge in [-0.05, 0) is 64.2 Å². The molecule has 1 saturated heterocycles. The summed E-state index contributed by atoms with van der Waals surface area (Å²) in [6, 6.07) is 9.28. The highest BCUT2D eigenvalue weighted by Crippen LogP contribution is 2.38. The molecule has 1 aromatic rings. The maximum absolute atomic E-state index is 13.2. The van der Waals surface area contributed by atoms with Crippen molar-refractivity contribution in [2.24, 2.45) is 0 Å². The van der Waals surface area contributed by atoms with Crippen molar-refractivity contribution in [1.29, 1.82) is 0 Å². The monoisotopic (exact) mass is 492 g/mol. The first-order valence-corrected chi connectivity index (χ1v) is 15.1. The molecule has 0 aliphatic carbocycles. The number of amides is 2. The fraction of sp³-hybridized carbons (Fsp3) is 0.692. The van der Waals surface area contributed by atoms with Crippen molar-refractivity contribution in [2.45, 2.75) is 110 Å². The number of ether oxygens (including phenoxy) is 2. The molecule has 0 saturated carbocycles. The average molecular weight is 493 g/mol. The molecule has 1 fully saturated rings. The number of carbonyl (C=O) groups is 2. The quantitative estimate of drug-likeness (QED) is 0.486. The van der Waals surface area contributed by atoms with Crippen LogP contribution in [-0.2, 0) is 20.5 Å². The molecule has 8 heteroatoms. The Labute approximate surface area is 206 Å². The average Bonchev–Trinajstić information content (AvgIpc) is 2.70. The number of hydrogen-bond acceptors (Lipinski definition) is 5. The first-order chi connectivity index (χ1) is 15.6. The van der Waals surface area contributed by atoms with E-state index < -0.39 is 26.1 Å². The van der Waals surface area contributed by atoms with Crippen LogP contribution in [0.1, 0.15) is 66.9 Å². The van der Waals surface area contributed by atoms with E-state index in [2.05, 4.69) is 39.2 Å². The van der Waals surface area contributed by atoms with E-state index >= 15 is 0 Å². The summed E-state index contributed by atoms with van der Waals surface area (Å²) in [5, 5.41) is 2.99. The number of piperidine rings is 1. The third kappa shape index (κ3) is 8.31. The molecular weight excluding hydrogens is 448 g/mol. The van der Waals surface area contributed by atoms with Gasteiger partial charge in [-0.1, -0.05) is 51.1 Å². The highest BCUT2D eigenvalue weighted by atomic mass is 28.4. The Kier molecular flexibility index (Phi) is 9.21. The maximum Gasteiger partial charge on any atom is 0.410 e. The Balaban J connectivity index is 2.14. The summed E-state index contributed by atoms with van der Waals surface area (Å²) in [5.74, 6) is 0. The zero-order valence-electron chi connectivity index (χ0n) is 22.4. The lowest BCUT2D eigenvalue weighted by molar-refractivity contribution is 0.0128. The van der Waals surface area contributed by atoms with Crippen molar-refractivity contribution in [3.05, 3.63) is 35.9 Å². The van der Waals surface area contributed by atoms with Gasteiger partial charge in [0, 0.05) is 12.6 Å². The second-order valence-corrected chi connectivity index (χ2v) is 16.5. The Morgan fingerprint density at radius 3 is 2.26 bits per heavy atom. The molecule has 1 aromatic carbocycles. The molecule has 7 nitrogen and oxygen atoms in total. The number of likely N-dealkylation sites (tertiary alicyclic amines) is 1. The van der Waals surface area contributed by atoms with E-state index in [1.807, 2.05) is 58.0 Å². The topological polar surface area (TPSA) is 77.1 Å². The largest absolute Gasteiger partial charge is 0.445 e. The molecule has 2 unspecified atom stereocenters. The molecular formula is C26H44N2O5Si. The Morgan fingerprint density at radius 1 is 1.09 bits per heavy atom. The number of benzene rings is 1. The minimum Gasteiger partial charge on any atom is -0.445 e. The van der Waals surface area contributed by atoms with Crippen LogP contribution in [0.2, 0.25) is 18.1 Å². The first-order valence-electron chi connectivity index (χ1n) is 12.2. The third-order valence-electron chi connectivity index (χ3n) is 6.62. The predicted molar refractivity (Wildman–Crippen MR) is 137 cm³/mol. The van der Waals surface area contributed by atoms with E-state index in [0.29, 0.717) is 13.0 Å². The maximum atomic E-state index is 13.2. The molecule has 0 spiro atoms. The number of rotatable bonds is 6. The van der Waals surface area contributed by atoms with Gasteiger partial charge in [-0.2, -0.15) is 0 Å². The lowest BCUT2D eigenvalue weighted by Gasteiger charge is -2.45. The normalized spacial score (nSPS) is 20.4. The smallest absolute Gasteiger partial charge is 0.410 e. The number of nitrogens with zero attached hydrogens (tertiary/aromatic N) is 1. The summed E-state index contributed by atoms with van der Waals surface area (Å²) in [6.07, 6.45) is 0.427. The Hall–Kier alpha value is -2.06. The van der Waals surface area contributed by atoms with E-state index in [0.717, 1.165) is 12.0 Å². The van der Waals surface area contributed by atoms with Crippen LogP contribution in [-0.4, -0.2) is 55.7 Å². The molecule has 0 aromatic heterocycles. The molecule has 3 atom stereocenters. The van der Waals surface area contributed by atoms with Gasteiger partial charge >= 0.3 is 12.2 Å². The molecule has 1 heterocycles. The van der Waals surface area contributed by atoms with Gasteiger partial charge in [-0.25, -0.2) is 9.59 Å². The summed E-state index contributed by atoms with van der Waals surface area (Å²) in [6.45, 7) is 19.1. The highest BCUT2D eigenvalue weighted by molar-refractivity contribution is 6.74.